The van der Waals surface area contributed by atoms with Gasteiger partial charge in [0, 0.05) is 17.5 Å². The van der Waals surface area contributed by atoms with Crippen molar-refractivity contribution in [1.82, 2.24) is 5.32 Å². The molecule has 0 aliphatic heterocycles. The number of thiophene rings is 1. The summed E-state index contributed by atoms with van der Waals surface area (Å²) in [5.74, 6) is -0.549. The first-order valence-electron chi connectivity index (χ1n) is 4.84. The molecule has 0 aliphatic rings. The van der Waals surface area contributed by atoms with Gasteiger partial charge in [0.25, 0.3) is 5.91 Å². The lowest BCUT2D eigenvalue weighted by Gasteiger charge is -2.23. The number of alkyl halides is 3. The van der Waals surface area contributed by atoms with Crippen LogP contribution in [0.2, 0.25) is 0 Å². The van der Waals surface area contributed by atoms with E-state index in [4.69, 9.17) is 5.73 Å². The van der Waals surface area contributed by atoms with Gasteiger partial charge in [-0.25, -0.2) is 0 Å². The third-order valence-corrected chi connectivity index (χ3v) is 3.08. The zero-order chi connectivity index (χ0) is 13.3. The van der Waals surface area contributed by atoms with E-state index in [-0.39, 0.29) is 12.1 Å². The van der Waals surface area contributed by atoms with Crippen LogP contribution in [0, 0.1) is 0 Å². The van der Waals surface area contributed by atoms with Crippen LogP contribution in [0.3, 0.4) is 0 Å². The minimum atomic E-state index is -4.41. The highest BCUT2D eigenvalue weighted by molar-refractivity contribution is 7.10. The lowest BCUT2D eigenvalue weighted by molar-refractivity contribution is -0.134. The molecule has 0 atom stereocenters. The van der Waals surface area contributed by atoms with Gasteiger partial charge in [0.1, 0.15) is 4.88 Å². The number of nitrogens with one attached hydrogen (secondary N) is 1. The Balaban J connectivity index is 2.81. The number of rotatable bonds is 3. The Bertz CT molecular complexity index is 412. The smallest absolute Gasteiger partial charge is 0.346 e. The predicted octanol–water partition coefficient (Wildman–Crippen LogP) is 2.23. The molecule has 1 rings (SSSR count). The van der Waals surface area contributed by atoms with Crippen LogP contribution >= 0.6 is 11.3 Å². The highest BCUT2D eigenvalue weighted by atomic mass is 32.1. The Labute approximate surface area is 101 Å². The van der Waals surface area contributed by atoms with Crippen molar-refractivity contribution >= 4 is 17.2 Å². The van der Waals surface area contributed by atoms with Crippen LogP contribution in [0.4, 0.5) is 13.2 Å². The van der Waals surface area contributed by atoms with E-state index in [0.29, 0.717) is 11.3 Å². The van der Waals surface area contributed by atoms with Crippen LogP contribution in [-0.4, -0.2) is 18.0 Å². The van der Waals surface area contributed by atoms with Gasteiger partial charge in [-0.2, -0.15) is 13.2 Å². The van der Waals surface area contributed by atoms with E-state index in [2.05, 4.69) is 5.32 Å². The molecule has 0 saturated heterocycles. The summed E-state index contributed by atoms with van der Waals surface area (Å²) in [6.07, 6.45) is -4.41. The van der Waals surface area contributed by atoms with Crippen molar-refractivity contribution in [2.45, 2.75) is 25.6 Å². The zero-order valence-electron chi connectivity index (χ0n) is 9.39. The summed E-state index contributed by atoms with van der Waals surface area (Å²) in [4.78, 5) is 10.8. The van der Waals surface area contributed by atoms with Gasteiger partial charge in [-0.3, -0.25) is 4.79 Å². The zero-order valence-corrected chi connectivity index (χ0v) is 10.2. The van der Waals surface area contributed by atoms with Crippen LogP contribution in [0.5, 0.6) is 0 Å². The number of hydrogen-bond acceptors (Lipinski definition) is 3. The van der Waals surface area contributed by atoms with Crippen molar-refractivity contribution in [2.24, 2.45) is 5.73 Å². The molecule has 0 fully saturated rings. The molecular weight excluding hydrogens is 253 g/mol. The van der Waals surface area contributed by atoms with Crippen LogP contribution < -0.4 is 11.1 Å². The van der Waals surface area contributed by atoms with E-state index >= 15 is 0 Å². The summed E-state index contributed by atoms with van der Waals surface area (Å²) in [6, 6.07) is 0.840. The van der Waals surface area contributed by atoms with Crippen molar-refractivity contribution in [1.29, 1.82) is 0 Å². The topological polar surface area (TPSA) is 55.1 Å². The number of carbonyl (C=O) groups excluding carboxylic acids is 1. The molecule has 1 amide bonds. The fourth-order valence-corrected chi connectivity index (χ4v) is 1.79. The van der Waals surface area contributed by atoms with Crippen LogP contribution in [0.1, 0.15) is 29.1 Å². The molecule has 17 heavy (non-hydrogen) atoms. The summed E-state index contributed by atoms with van der Waals surface area (Å²) in [7, 11) is 0. The van der Waals surface area contributed by atoms with Gasteiger partial charge in [0.2, 0.25) is 0 Å². The van der Waals surface area contributed by atoms with Gasteiger partial charge in [-0.15, -0.1) is 11.3 Å². The molecule has 0 radical (unpaired) electrons. The van der Waals surface area contributed by atoms with E-state index in [1.807, 2.05) is 0 Å². The molecule has 0 saturated carbocycles. The Kier molecular flexibility index (Phi) is 3.83. The molecule has 0 unspecified atom stereocenters. The van der Waals surface area contributed by atoms with Crippen LogP contribution in [0.25, 0.3) is 0 Å². The van der Waals surface area contributed by atoms with Gasteiger partial charge < -0.3 is 11.1 Å². The SMILES string of the molecule is CC(C)(CN)NC(=O)c1csc(C(F)(F)F)c1. The number of halogens is 3. The molecule has 1 aromatic heterocycles. The van der Waals surface area contributed by atoms with Crippen molar-refractivity contribution in [3.63, 3.8) is 0 Å². The second-order valence-electron chi connectivity index (χ2n) is 4.24. The van der Waals surface area contributed by atoms with Crippen molar-refractivity contribution in [3.05, 3.63) is 21.9 Å². The molecule has 7 heteroatoms. The highest BCUT2D eigenvalue weighted by Gasteiger charge is 2.33. The van der Waals surface area contributed by atoms with Gasteiger partial charge in [-0.1, -0.05) is 0 Å². The largest absolute Gasteiger partial charge is 0.425 e. The molecule has 1 aromatic rings. The number of amides is 1. The van der Waals surface area contributed by atoms with Gasteiger partial charge in [-0.05, 0) is 19.9 Å². The average Bonchev–Trinajstić information content (AvgIpc) is 2.65. The third kappa shape index (κ3) is 3.71. The van der Waals surface area contributed by atoms with Gasteiger partial charge >= 0.3 is 6.18 Å². The summed E-state index contributed by atoms with van der Waals surface area (Å²) in [5, 5.41) is 3.75. The molecule has 0 spiro atoms. The summed E-state index contributed by atoms with van der Waals surface area (Å²) in [5.41, 5.74) is 4.78. The minimum Gasteiger partial charge on any atom is -0.346 e. The Morgan fingerprint density at radius 2 is 2.06 bits per heavy atom. The molecule has 3 N–H and O–H groups in total. The average molecular weight is 266 g/mol. The van der Waals surface area contributed by atoms with E-state index in [1.54, 1.807) is 13.8 Å². The molecule has 0 aromatic carbocycles. The van der Waals surface area contributed by atoms with E-state index in [9.17, 15) is 18.0 Å². The van der Waals surface area contributed by atoms with Gasteiger partial charge in [0.05, 0.1) is 5.56 Å². The normalized spacial score (nSPS) is 12.6. The Morgan fingerprint density at radius 1 is 1.47 bits per heavy atom. The van der Waals surface area contributed by atoms with E-state index < -0.39 is 22.5 Å². The summed E-state index contributed by atoms with van der Waals surface area (Å²) < 4.78 is 37.0. The highest BCUT2D eigenvalue weighted by Crippen LogP contribution is 2.34. The molecular formula is C10H13F3N2OS. The maximum Gasteiger partial charge on any atom is 0.425 e. The first kappa shape index (κ1) is 14.0. The molecule has 0 bridgehead atoms. The lowest BCUT2D eigenvalue weighted by Crippen LogP contribution is -2.48. The third-order valence-electron chi connectivity index (χ3n) is 2.10. The molecule has 1 heterocycles. The fraction of sp³-hybridized carbons (Fsp3) is 0.500. The first-order chi connectivity index (χ1) is 7.65. The Hall–Kier alpha value is -1.08. The van der Waals surface area contributed by atoms with Crippen molar-refractivity contribution in [3.8, 4) is 0 Å². The number of nitrogens with two attached hydrogens (primary N) is 1. The Morgan fingerprint density at radius 3 is 2.47 bits per heavy atom. The minimum absolute atomic E-state index is 0.00356. The monoisotopic (exact) mass is 266 g/mol. The molecule has 0 aliphatic carbocycles. The van der Waals surface area contributed by atoms with E-state index in [0.717, 1.165) is 6.07 Å². The number of hydrogen-bond donors (Lipinski definition) is 2. The maximum absolute atomic E-state index is 12.3. The molecule has 96 valence electrons. The molecule has 3 nitrogen and oxygen atoms in total. The fourth-order valence-electron chi connectivity index (χ4n) is 1.03. The second kappa shape index (κ2) is 4.66. The van der Waals surface area contributed by atoms with E-state index in [1.165, 1.54) is 5.38 Å². The van der Waals surface area contributed by atoms with Crippen molar-refractivity contribution < 1.29 is 18.0 Å². The summed E-state index contributed by atoms with van der Waals surface area (Å²) in [6.45, 7) is 3.60. The number of carbonyl (C=O) groups is 1. The van der Waals surface area contributed by atoms with Crippen LogP contribution in [-0.2, 0) is 6.18 Å². The second-order valence-corrected chi connectivity index (χ2v) is 5.15. The van der Waals surface area contributed by atoms with Gasteiger partial charge in [0.15, 0.2) is 0 Å². The summed E-state index contributed by atoms with van der Waals surface area (Å²) >= 11 is 0.501. The van der Waals surface area contributed by atoms with Crippen molar-refractivity contribution in [2.75, 3.05) is 6.54 Å². The first-order valence-corrected chi connectivity index (χ1v) is 5.72. The predicted molar refractivity (Wildman–Crippen MR) is 59.9 cm³/mol. The standard InChI is InChI=1S/C10H13F3N2OS/c1-9(2,5-14)15-8(16)6-3-7(17-4-6)10(11,12)13/h3-4H,5,14H2,1-2H3,(H,15,16). The van der Waals surface area contributed by atoms with Crippen LogP contribution in [0.15, 0.2) is 11.4 Å². The lowest BCUT2D eigenvalue weighted by atomic mass is 10.1. The quantitative estimate of drug-likeness (QED) is 0.881. The maximum atomic E-state index is 12.3.